The number of ether oxygens (including phenoxy) is 1. The third-order valence-electron chi connectivity index (χ3n) is 4.44. The molecule has 1 N–H and O–H groups in total. The predicted octanol–water partition coefficient (Wildman–Crippen LogP) is 5.09. The lowest BCUT2D eigenvalue weighted by molar-refractivity contribution is -0.120. The summed E-state index contributed by atoms with van der Waals surface area (Å²) in [6.07, 6.45) is 0. The Balaban J connectivity index is 1.65. The first-order valence-corrected chi connectivity index (χ1v) is 9.40. The number of carbonyl (C=O) groups is 2. The molecule has 148 valence electrons. The van der Waals surface area contributed by atoms with Crippen LogP contribution >= 0.6 is 0 Å². The highest BCUT2D eigenvalue weighted by Crippen LogP contribution is 2.24. The van der Waals surface area contributed by atoms with Crippen molar-refractivity contribution in [2.24, 2.45) is 0 Å². The number of nitrogens with zero attached hydrogens (tertiary/aromatic N) is 1. The number of rotatable bonds is 6. The molecule has 0 unspecified atom stereocenters. The summed E-state index contributed by atoms with van der Waals surface area (Å²) < 4.78 is 5.75. The van der Waals surface area contributed by atoms with Crippen LogP contribution < -0.4 is 15.0 Å². The van der Waals surface area contributed by atoms with Crippen molar-refractivity contribution in [3.8, 4) is 11.5 Å². The number of hydrogen-bond acceptors (Lipinski definition) is 3. The number of para-hydroxylation sites is 1. The molecular formula is C24H24N2O3. The van der Waals surface area contributed by atoms with Crippen LogP contribution in [0.25, 0.3) is 0 Å². The number of benzene rings is 3. The van der Waals surface area contributed by atoms with E-state index in [1.807, 2.05) is 62.4 Å². The van der Waals surface area contributed by atoms with E-state index >= 15 is 0 Å². The van der Waals surface area contributed by atoms with E-state index in [1.54, 1.807) is 24.3 Å². The highest BCUT2D eigenvalue weighted by atomic mass is 16.5. The Morgan fingerprint density at radius 3 is 2.17 bits per heavy atom. The Bertz CT molecular complexity index is 998. The van der Waals surface area contributed by atoms with E-state index in [0.29, 0.717) is 11.4 Å². The van der Waals surface area contributed by atoms with Crippen LogP contribution in [0.4, 0.5) is 11.4 Å². The van der Waals surface area contributed by atoms with E-state index in [1.165, 1.54) is 11.8 Å². The maximum Gasteiger partial charge on any atom is 0.244 e. The predicted molar refractivity (Wildman–Crippen MR) is 116 cm³/mol. The maximum atomic E-state index is 12.5. The summed E-state index contributed by atoms with van der Waals surface area (Å²) in [5.41, 5.74) is 3.44. The Kier molecular flexibility index (Phi) is 6.29. The second kappa shape index (κ2) is 9.06. The molecule has 0 aromatic heterocycles. The summed E-state index contributed by atoms with van der Waals surface area (Å²) in [6, 6.07) is 22.4. The van der Waals surface area contributed by atoms with Gasteiger partial charge in [0.2, 0.25) is 11.8 Å². The second-order valence-corrected chi connectivity index (χ2v) is 6.88. The molecule has 3 rings (SSSR count). The van der Waals surface area contributed by atoms with Crippen molar-refractivity contribution in [2.75, 3.05) is 16.8 Å². The van der Waals surface area contributed by atoms with Crippen molar-refractivity contribution in [1.82, 2.24) is 0 Å². The van der Waals surface area contributed by atoms with E-state index in [4.69, 9.17) is 4.74 Å². The normalized spacial score (nSPS) is 10.3. The van der Waals surface area contributed by atoms with Gasteiger partial charge < -0.3 is 15.0 Å². The minimum Gasteiger partial charge on any atom is -0.457 e. The van der Waals surface area contributed by atoms with Crippen LogP contribution in [0, 0.1) is 13.8 Å². The van der Waals surface area contributed by atoms with Crippen LogP contribution in [0.5, 0.6) is 11.5 Å². The molecule has 0 aliphatic rings. The fraction of sp³-hybridized carbons (Fsp3) is 0.167. The van der Waals surface area contributed by atoms with Crippen LogP contribution in [0.1, 0.15) is 18.1 Å². The zero-order chi connectivity index (χ0) is 20.8. The molecule has 3 aromatic rings. The number of amides is 2. The smallest absolute Gasteiger partial charge is 0.244 e. The summed E-state index contributed by atoms with van der Waals surface area (Å²) in [5, 5.41) is 2.83. The van der Waals surface area contributed by atoms with E-state index in [-0.39, 0.29) is 18.4 Å². The van der Waals surface area contributed by atoms with Gasteiger partial charge in [0.25, 0.3) is 0 Å². The second-order valence-electron chi connectivity index (χ2n) is 6.88. The molecule has 0 spiro atoms. The van der Waals surface area contributed by atoms with Gasteiger partial charge in [-0.1, -0.05) is 35.9 Å². The monoisotopic (exact) mass is 388 g/mol. The van der Waals surface area contributed by atoms with E-state index in [0.717, 1.165) is 22.6 Å². The minimum absolute atomic E-state index is 0.0541. The molecule has 0 aliphatic carbocycles. The molecule has 0 heterocycles. The standard InChI is InChI=1S/C24H24N2O3/c1-17-9-14-23(18(2)15-17)26(19(3)27)16-24(28)25-20-10-12-22(13-11-20)29-21-7-5-4-6-8-21/h4-15H,16H2,1-3H3,(H,25,28). The molecule has 0 radical (unpaired) electrons. The number of carbonyl (C=O) groups excluding carboxylic acids is 2. The highest BCUT2D eigenvalue weighted by molar-refractivity contribution is 6.02. The summed E-state index contributed by atoms with van der Waals surface area (Å²) >= 11 is 0. The first-order chi connectivity index (χ1) is 13.9. The Labute approximate surface area is 170 Å². The number of aryl methyl sites for hydroxylation is 2. The number of nitrogens with one attached hydrogen (secondary N) is 1. The summed E-state index contributed by atoms with van der Waals surface area (Å²) in [5.74, 6) is 0.973. The quantitative estimate of drug-likeness (QED) is 0.640. The van der Waals surface area contributed by atoms with Gasteiger partial charge in [0, 0.05) is 18.3 Å². The molecule has 5 nitrogen and oxygen atoms in total. The van der Waals surface area contributed by atoms with E-state index in [9.17, 15) is 9.59 Å². The minimum atomic E-state index is -0.267. The fourth-order valence-corrected chi connectivity index (χ4v) is 3.05. The average Bonchev–Trinajstić information content (AvgIpc) is 2.69. The molecule has 0 saturated carbocycles. The van der Waals surface area contributed by atoms with Crippen molar-refractivity contribution in [3.05, 3.63) is 83.9 Å². The zero-order valence-corrected chi connectivity index (χ0v) is 16.8. The van der Waals surface area contributed by atoms with E-state index in [2.05, 4.69) is 5.32 Å². The lowest BCUT2D eigenvalue weighted by Crippen LogP contribution is -2.37. The van der Waals surface area contributed by atoms with Crippen molar-refractivity contribution in [1.29, 1.82) is 0 Å². The van der Waals surface area contributed by atoms with Gasteiger partial charge in [-0.05, 0) is 61.9 Å². The van der Waals surface area contributed by atoms with Crippen LogP contribution in [-0.2, 0) is 9.59 Å². The van der Waals surface area contributed by atoms with Gasteiger partial charge >= 0.3 is 0 Å². The van der Waals surface area contributed by atoms with Gasteiger partial charge in [0.1, 0.15) is 18.0 Å². The van der Waals surface area contributed by atoms with E-state index < -0.39 is 0 Å². The van der Waals surface area contributed by atoms with Crippen LogP contribution in [0.2, 0.25) is 0 Å². The molecule has 5 heteroatoms. The lowest BCUT2D eigenvalue weighted by Gasteiger charge is -2.23. The van der Waals surface area contributed by atoms with Crippen LogP contribution in [0.3, 0.4) is 0 Å². The van der Waals surface area contributed by atoms with Crippen molar-refractivity contribution < 1.29 is 14.3 Å². The SMILES string of the molecule is CC(=O)N(CC(=O)Nc1ccc(Oc2ccccc2)cc1)c1ccc(C)cc1C. The molecule has 0 aliphatic heterocycles. The number of anilines is 2. The zero-order valence-electron chi connectivity index (χ0n) is 16.8. The average molecular weight is 388 g/mol. The summed E-state index contributed by atoms with van der Waals surface area (Å²) in [7, 11) is 0. The van der Waals surface area contributed by atoms with Gasteiger partial charge in [-0.3, -0.25) is 9.59 Å². The molecule has 3 aromatic carbocycles. The third-order valence-corrected chi connectivity index (χ3v) is 4.44. The fourth-order valence-electron chi connectivity index (χ4n) is 3.05. The first kappa shape index (κ1) is 20.1. The Hall–Kier alpha value is -3.60. The summed E-state index contributed by atoms with van der Waals surface area (Å²) in [4.78, 5) is 26.1. The molecule has 2 amide bonds. The highest BCUT2D eigenvalue weighted by Gasteiger charge is 2.17. The molecule has 0 fully saturated rings. The van der Waals surface area contributed by atoms with Crippen LogP contribution in [0.15, 0.2) is 72.8 Å². The lowest BCUT2D eigenvalue weighted by atomic mass is 10.1. The third kappa shape index (κ3) is 5.45. The van der Waals surface area contributed by atoms with Gasteiger partial charge in [0.15, 0.2) is 0 Å². The Morgan fingerprint density at radius 2 is 1.55 bits per heavy atom. The van der Waals surface area contributed by atoms with Crippen LogP contribution in [-0.4, -0.2) is 18.4 Å². The largest absolute Gasteiger partial charge is 0.457 e. The van der Waals surface area contributed by atoms with Gasteiger partial charge in [-0.2, -0.15) is 0 Å². The van der Waals surface area contributed by atoms with Gasteiger partial charge in [0.05, 0.1) is 0 Å². The molecule has 0 saturated heterocycles. The topological polar surface area (TPSA) is 58.6 Å². The molecule has 29 heavy (non-hydrogen) atoms. The first-order valence-electron chi connectivity index (χ1n) is 9.40. The molecular weight excluding hydrogens is 364 g/mol. The Morgan fingerprint density at radius 1 is 0.897 bits per heavy atom. The molecule has 0 atom stereocenters. The summed E-state index contributed by atoms with van der Waals surface area (Å²) in [6.45, 7) is 5.33. The van der Waals surface area contributed by atoms with Crippen molar-refractivity contribution in [3.63, 3.8) is 0 Å². The van der Waals surface area contributed by atoms with Gasteiger partial charge in [-0.15, -0.1) is 0 Å². The van der Waals surface area contributed by atoms with Crippen molar-refractivity contribution >= 4 is 23.2 Å². The molecule has 0 bridgehead atoms. The van der Waals surface area contributed by atoms with Crippen molar-refractivity contribution in [2.45, 2.75) is 20.8 Å². The van der Waals surface area contributed by atoms with Gasteiger partial charge in [-0.25, -0.2) is 0 Å². The number of hydrogen-bond donors (Lipinski definition) is 1. The maximum absolute atomic E-state index is 12.5.